The first kappa shape index (κ1) is 15.5. The lowest BCUT2D eigenvalue weighted by atomic mass is 10.00. The minimum absolute atomic E-state index is 0.157. The molecule has 5 heteroatoms. The number of hydrogen-bond donors (Lipinski definition) is 2. The Morgan fingerprint density at radius 1 is 1.57 bits per heavy atom. The summed E-state index contributed by atoms with van der Waals surface area (Å²) in [5, 5.41) is 2.93. The van der Waals surface area contributed by atoms with Crippen LogP contribution in [0.4, 0.5) is 0 Å². The Balaban J connectivity index is 1.88. The summed E-state index contributed by atoms with van der Waals surface area (Å²) >= 11 is 0. The Morgan fingerprint density at radius 3 is 3.10 bits per heavy atom. The fraction of sp³-hybridized carbons (Fsp3) is 0.500. The summed E-state index contributed by atoms with van der Waals surface area (Å²) in [5.74, 6) is 5.86. The van der Waals surface area contributed by atoms with Crippen molar-refractivity contribution in [1.29, 1.82) is 0 Å². The monoisotopic (exact) mass is 287 g/mol. The number of nitrogens with one attached hydrogen (secondary N) is 1. The molecule has 112 valence electrons. The minimum atomic E-state index is -0.157. The first-order chi connectivity index (χ1) is 10.2. The summed E-state index contributed by atoms with van der Waals surface area (Å²) in [4.78, 5) is 16.2. The molecule has 2 rings (SSSR count). The first-order valence-corrected chi connectivity index (χ1v) is 7.29. The molecule has 1 aliphatic rings. The Bertz CT molecular complexity index is 531. The van der Waals surface area contributed by atoms with Gasteiger partial charge in [-0.25, -0.2) is 4.98 Å². The van der Waals surface area contributed by atoms with Crippen molar-refractivity contribution in [3.8, 4) is 11.8 Å². The molecule has 5 nitrogen and oxygen atoms in total. The highest BCUT2D eigenvalue weighted by molar-refractivity contribution is 5.92. The maximum atomic E-state index is 12.1. The van der Waals surface area contributed by atoms with Gasteiger partial charge in [0.25, 0.3) is 5.91 Å². The maximum Gasteiger partial charge on any atom is 0.269 e. The van der Waals surface area contributed by atoms with Gasteiger partial charge in [0, 0.05) is 30.8 Å². The van der Waals surface area contributed by atoms with Gasteiger partial charge in [-0.05, 0) is 25.0 Å². The Hall–Kier alpha value is -1.90. The molecule has 2 atom stereocenters. The zero-order valence-corrected chi connectivity index (χ0v) is 12.3. The van der Waals surface area contributed by atoms with Gasteiger partial charge < -0.3 is 15.8 Å². The molecule has 0 saturated carbocycles. The number of rotatable bonds is 4. The molecule has 1 saturated heterocycles. The second-order valence-corrected chi connectivity index (χ2v) is 5.01. The third-order valence-corrected chi connectivity index (χ3v) is 3.60. The van der Waals surface area contributed by atoms with E-state index in [0.29, 0.717) is 24.7 Å². The molecule has 1 fully saturated rings. The van der Waals surface area contributed by atoms with E-state index < -0.39 is 0 Å². The van der Waals surface area contributed by atoms with Crippen molar-refractivity contribution in [1.82, 2.24) is 10.3 Å². The number of nitrogens with zero attached hydrogens (tertiary/aromatic N) is 1. The molecule has 3 N–H and O–H groups in total. The first-order valence-electron chi connectivity index (χ1n) is 7.29. The number of ether oxygens (including phenoxy) is 1. The van der Waals surface area contributed by atoms with E-state index in [0.717, 1.165) is 25.0 Å². The quantitative estimate of drug-likeness (QED) is 0.808. The molecule has 0 spiro atoms. The molecule has 0 aromatic carbocycles. The van der Waals surface area contributed by atoms with Gasteiger partial charge in [-0.3, -0.25) is 4.79 Å². The van der Waals surface area contributed by atoms with E-state index in [1.54, 1.807) is 18.3 Å². The molecule has 0 aliphatic carbocycles. The van der Waals surface area contributed by atoms with Gasteiger partial charge in [0.2, 0.25) is 0 Å². The molecule has 1 aromatic heterocycles. The van der Waals surface area contributed by atoms with Gasteiger partial charge in [0.1, 0.15) is 5.69 Å². The van der Waals surface area contributed by atoms with Crippen molar-refractivity contribution in [3.63, 3.8) is 0 Å². The van der Waals surface area contributed by atoms with Gasteiger partial charge in [-0.1, -0.05) is 18.8 Å². The largest absolute Gasteiger partial charge is 0.378 e. The molecule has 2 heterocycles. The van der Waals surface area contributed by atoms with E-state index in [4.69, 9.17) is 10.5 Å². The lowest BCUT2D eigenvalue weighted by molar-refractivity contribution is 0.0825. The van der Waals surface area contributed by atoms with Crippen LogP contribution in [-0.4, -0.2) is 36.7 Å². The fourth-order valence-electron chi connectivity index (χ4n) is 2.45. The third kappa shape index (κ3) is 4.28. The number of amides is 1. The molecule has 1 aromatic rings. The van der Waals surface area contributed by atoms with Crippen LogP contribution < -0.4 is 11.1 Å². The Kier molecular flexibility index (Phi) is 5.73. The predicted molar refractivity (Wildman–Crippen MR) is 80.6 cm³/mol. The summed E-state index contributed by atoms with van der Waals surface area (Å²) in [6, 6.07) is 3.45. The number of pyridine rings is 1. The van der Waals surface area contributed by atoms with Crippen LogP contribution in [0.1, 0.15) is 35.8 Å². The summed E-state index contributed by atoms with van der Waals surface area (Å²) in [5.41, 5.74) is 6.47. The molecule has 21 heavy (non-hydrogen) atoms. The van der Waals surface area contributed by atoms with Gasteiger partial charge in [0.05, 0.1) is 12.6 Å². The molecular weight excluding hydrogens is 266 g/mol. The highest BCUT2D eigenvalue weighted by Crippen LogP contribution is 2.22. The number of carbonyl (C=O) groups is 1. The Labute approximate surface area is 125 Å². The molecule has 0 radical (unpaired) electrons. The lowest BCUT2D eigenvalue weighted by Crippen LogP contribution is -2.33. The number of hydrogen-bond acceptors (Lipinski definition) is 4. The molecule has 0 bridgehead atoms. The number of aromatic nitrogens is 1. The van der Waals surface area contributed by atoms with E-state index in [9.17, 15) is 4.79 Å². The topological polar surface area (TPSA) is 77.2 Å². The standard InChI is InChI=1S/C16H21N3O2/c1-2-15-13(7-9-21-15)11-19-16(20)14-6-5-12(10-18-14)4-3-8-17/h5-6,10,13,15H,2,7-9,11,17H2,1H3,(H,19,20). The van der Waals surface area contributed by atoms with E-state index in [1.165, 1.54) is 0 Å². The zero-order valence-electron chi connectivity index (χ0n) is 12.3. The van der Waals surface area contributed by atoms with Crippen molar-refractivity contribution in [2.45, 2.75) is 25.9 Å². The van der Waals surface area contributed by atoms with Crippen LogP contribution in [0.5, 0.6) is 0 Å². The second kappa shape index (κ2) is 7.77. The van der Waals surface area contributed by atoms with E-state index in [2.05, 4.69) is 29.1 Å². The maximum absolute atomic E-state index is 12.1. The molecule has 2 unspecified atom stereocenters. The van der Waals surface area contributed by atoms with Crippen LogP contribution in [-0.2, 0) is 4.74 Å². The van der Waals surface area contributed by atoms with Crippen molar-refractivity contribution >= 4 is 5.91 Å². The number of nitrogens with two attached hydrogens (primary N) is 1. The molecule has 1 aliphatic heterocycles. The normalized spacial score (nSPS) is 20.7. The van der Waals surface area contributed by atoms with E-state index in [-0.39, 0.29) is 12.0 Å². The van der Waals surface area contributed by atoms with Crippen molar-refractivity contribution in [3.05, 3.63) is 29.6 Å². The zero-order chi connectivity index (χ0) is 15.1. The van der Waals surface area contributed by atoms with Gasteiger partial charge in [-0.15, -0.1) is 0 Å². The highest BCUT2D eigenvalue weighted by atomic mass is 16.5. The van der Waals surface area contributed by atoms with Crippen LogP contribution in [0, 0.1) is 17.8 Å². The van der Waals surface area contributed by atoms with Crippen LogP contribution in [0.15, 0.2) is 18.3 Å². The van der Waals surface area contributed by atoms with E-state index >= 15 is 0 Å². The van der Waals surface area contributed by atoms with Crippen LogP contribution in [0.2, 0.25) is 0 Å². The van der Waals surface area contributed by atoms with Crippen molar-refractivity contribution < 1.29 is 9.53 Å². The van der Waals surface area contributed by atoms with Crippen molar-refractivity contribution in [2.75, 3.05) is 19.7 Å². The third-order valence-electron chi connectivity index (χ3n) is 3.60. The molecule has 1 amide bonds. The Morgan fingerprint density at radius 2 is 2.43 bits per heavy atom. The lowest BCUT2D eigenvalue weighted by Gasteiger charge is -2.17. The smallest absolute Gasteiger partial charge is 0.269 e. The summed E-state index contributed by atoms with van der Waals surface area (Å²) < 4.78 is 5.61. The van der Waals surface area contributed by atoms with Crippen molar-refractivity contribution in [2.24, 2.45) is 11.7 Å². The second-order valence-electron chi connectivity index (χ2n) is 5.01. The van der Waals surface area contributed by atoms with Crippen LogP contribution >= 0.6 is 0 Å². The SMILES string of the molecule is CCC1OCCC1CNC(=O)c1ccc(C#CCN)cn1. The summed E-state index contributed by atoms with van der Waals surface area (Å²) in [6.45, 7) is 3.83. The van der Waals surface area contributed by atoms with Crippen LogP contribution in [0.25, 0.3) is 0 Å². The highest BCUT2D eigenvalue weighted by Gasteiger charge is 2.26. The van der Waals surface area contributed by atoms with Gasteiger partial charge in [-0.2, -0.15) is 0 Å². The van der Waals surface area contributed by atoms with Crippen LogP contribution in [0.3, 0.4) is 0 Å². The van der Waals surface area contributed by atoms with E-state index in [1.807, 2.05) is 0 Å². The average Bonchev–Trinajstić information content (AvgIpc) is 2.98. The fourth-order valence-corrected chi connectivity index (χ4v) is 2.45. The minimum Gasteiger partial charge on any atom is -0.378 e. The summed E-state index contributed by atoms with van der Waals surface area (Å²) in [6.07, 6.45) is 3.82. The van der Waals surface area contributed by atoms with Gasteiger partial charge >= 0.3 is 0 Å². The predicted octanol–water partition coefficient (Wildman–Crippen LogP) is 0.937. The van der Waals surface area contributed by atoms with Gasteiger partial charge in [0.15, 0.2) is 0 Å². The number of carbonyl (C=O) groups excluding carboxylic acids is 1. The summed E-state index contributed by atoms with van der Waals surface area (Å²) in [7, 11) is 0. The molecular formula is C16H21N3O2. The average molecular weight is 287 g/mol.